The SMILES string of the molecule is CCC(C)(C)c1ccc(OCCCC(=O)Oc2c(C)cccc2C)cc1. The molecule has 0 N–H and O–H groups in total. The zero-order valence-corrected chi connectivity index (χ0v) is 16.6. The zero-order chi connectivity index (χ0) is 19.2. The average molecular weight is 354 g/mol. The van der Waals surface area contributed by atoms with Gasteiger partial charge in [0.25, 0.3) is 0 Å². The summed E-state index contributed by atoms with van der Waals surface area (Å²) >= 11 is 0. The highest BCUT2D eigenvalue weighted by atomic mass is 16.5. The highest BCUT2D eigenvalue weighted by Gasteiger charge is 2.17. The van der Waals surface area contributed by atoms with Crippen LogP contribution in [0.2, 0.25) is 0 Å². The van der Waals surface area contributed by atoms with Crippen molar-refractivity contribution in [2.24, 2.45) is 0 Å². The van der Waals surface area contributed by atoms with Crippen molar-refractivity contribution < 1.29 is 14.3 Å². The third-order valence-electron chi connectivity index (χ3n) is 4.94. The average Bonchev–Trinajstić information content (AvgIpc) is 2.62. The molecule has 3 heteroatoms. The van der Waals surface area contributed by atoms with Crippen LogP contribution in [0.4, 0.5) is 0 Å². The molecule has 2 rings (SSSR count). The van der Waals surface area contributed by atoms with Crippen LogP contribution >= 0.6 is 0 Å². The second kappa shape index (κ2) is 8.88. The van der Waals surface area contributed by atoms with E-state index in [1.165, 1.54) is 5.56 Å². The number of rotatable bonds is 8. The van der Waals surface area contributed by atoms with E-state index in [9.17, 15) is 4.79 Å². The van der Waals surface area contributed by atoms with Gasteiger partial charge in [-0.05, 0) is 60.9 Å². The molecule has 3 nitrogen and oxygen atoms in total. The van der Waals surface area contributed by atoms with E-state index in [0.717, 1.165) is 23.3 Å². The number of hydrogen-bond donors (Lipinski definition) is 0. The normalized spacial score (nSPS) is 11.3. The molecule has 0 heterocycles. The number of ether oxygens (including phenoxy) is 2. The fraction of sp³-hybridized carbons (Fsp3) is 0.435. The second-order valence-corrected chi connectivity index (χ2v) is 7.41. The highest BCUT2D eigenvalue weighted by Crippen LogP contribution is 2.28. The van der Waals surface area contributed by atoms with Gasteiger partial charge >= 0.3 is 5.97 Å². The topological polar surface area (TPSA) is 35.5 Å². The van der Waals surface area contributed by atoms with Crippen molar-refractivity contribution in [1.29, 1.82) is 0 Å². The van der Waals surface area contributed by atoms with E-state index in [1.807, 2.05) is 44.2 Å². The summed E-state index contributed by atoms with van der Waals surface area (Å²) in [5, 5.41) is 0. The van der Waals surface area contributed by atoms with Crippen LogP contribution in [0.5, 0.6) is 11.5 Å². The third kappa shape index (κ3) is 5.35. The molecule has 0 aromatic heterocycles. The Balaban J connectivity index is 1.77. The Kier molecular flexibility index (Phi) is 6.84. The summed E-state index contributed by atoms with van der Waals surface area (Å²) in [7, 11) is 0. The van der Waals surface area contributed by atoms with Crippen LogP contribution in [0.15, 0.2) is 42.5 Å². The van der Waals surface area contributed by atoms with E-state index < -0.39 is 0 Å². The van der Waals surface area contributed by atoms with Gasteiger partial charge in [0.1, 0.15) is 11.5 Å². The number of esters is 1. The number of hydrogen-bond acceptors (Lipinski definition) is 3. The Labute approximate surface area is 157 Å². The smallest absolute Gasteiger partial charge is 0.311 e. The number of aryl methyl sites for hydroxylation is 2. The van der Waals surface area contributed by atoms with Gasteiger partial charge in [0, 0.05) is 6.42 Å². The molecular weight excluding hydrogens is 324 g/mol. The summed E-state index contributed by atoms with van der Waals surface area (Å²) in [5.41, 5.74) is 3.44. The highest BCUT2D eigenvalue weighted by molar-refractivity contribution is 5.73. The monoisotopic (exact) mass is 354 g/mol. The fourth-order valence-corrected chi connectivity index (χ4v) is 2.74. The van der Waals surface area contributed by atoms with Crippen molar-refractivity contribution in [2.75, 3.05) is 6.61 Å². The minimum Gasteiger partial charge on any atom is -0.494 e. The summed E-state index contributed by atoms with van der Waals surface area (Å²) in [4.78, 5) is 12.0. The molecule has 0 saturated heterocycles. The maximum absolute atomic E-state index is 12.0. The van der Waals surface area contributed by atoms with Gasteiger partial charge in [-0.25, -0.2) is 0 Å². The lowest BCUT2D eigenvalue weighted by atomic mass is 9.82. The molecule has 0 aliphatic heterocycles. The van der Waals surface area contributed by atoms with Crippen LogP contribution in [0.1, 0.15) is 56.7 Å². The molecule has 2 aromatic rings. The standard InChI is InChI=1S/C23H30O3/c1-6-23(4,5)19-12-14-20(15-13-19)25-16-8-11-21(24)26-22-17(2)9-7-10-18(22)3/h7,9-10,12-15H,6,8,11,16H2,1-5H3. The third-order valence-corrected chi connectivity index (χ3v) is 4.94. The van der Waals surface area contributed by atoms with Crippen LogP contribution in [-0.2, 0) is 10.2 Å². The van der Waals surface area contributed by atoms with E-state index in [-0.39, 0.29) is 11.4 Å². The Hall–Kier alpha value is -2.29. The van der Waals surface area contributed by atoms with Crippen molar-refractivity contribution in [2.45, 2.75) is 59.3 Å². The Morgan fingerprint density at radius 1 is 1.00 bits per heavy atom. The molecular formula is C23H30O3. The number of benzene rings is 2. The molecule has 0 unspecified atom stereocenters. The Bertz CT molecular complexity index is 709. The van der Waals surface area contributed by atoms with Crippen molar-refractivity contribution >= 4 is 5.97 Å². The van der Waals surface area contributed by atoms with Crippen molar-refractivity contribution in [1.82, 2.24) is 0 Å². The maximum atomic E-state index is 12.0. The van der Waals surface area contributed by atoms with Crippen LogP contribution < -0.4 is 9.47 Å². The molecule has 0 atom stereocenters. The molecule has 2 aromatic carbocycles. The van der Waals surface area contributed by atoms with Gasteiger partial charge in [0.15, 0.2) is 0 Å². The minimum absolute atomic E-state index is 0.177. The molecule has 0 fully saturated rings. The van der Waals surface area contributed by atoms with Crippen molar-refractivity contribution in [3.8, 4) is 11.5 Å². The molecule has 0 aliphatic carbocycles. The first-order valence-electron chi connectivity index (χ1n) is 9.33. The quantitative estimate of drug-likeness (QED) is 0.344. The minimum atomic E-state index is -0.217. The summed E-state index contributed by atoms with van der Waals surface area (Å²) in [6.45, 7) is 11.1. The molecule has 0 radical (unpaired) electrons. The maximum Gasteiger partial charge on any atom is 0.311 e. The van der Waals surface area contributed by atoms with Crippen LogP contribution in [-0.4, -0.2) is 12.6 Å². The number of carbonyl (C=O) groups is 1. The second-order valence-electron chi connectivity index (χ2n) is 7.41. The van der Waals surface area contributed by atoms with Gasteiger partial charge in [0.2, 0.25) is 0 Å². The number of carbonyl (C=O) groups excluding carboxylic acids is 1. The summed E-state index contributed by atoms with van der Waals surface area (Å²) in [6, 6.07) is 14.1. The van der Waals surface area contributed by atoms with Gasteiger partial charge in [-0.1, -0.05) is 51.1 Å². The molecule has 0 saturated carbocycles. The van der Waals surface area contributed by atoms with E-state index in [1.54, 1.807) is 0 Å². The van der Waals surface area contributed by atoms with Gasteiger partial charge in [-0.2, -0.15) is 0 Å². The predicted molar refractivity (Wildman–Crippen MR) is 106 cm³/mol. The largest absolute Gasteiger partial charge is 0.494 e. The lowest BCUT2D eigenvalue weighted by Crippen LogP contribution is -2.15. The van der Waals surface area contributed by atoms with E-state index in [0.29, 0.717) is 25.2 Å². The first-order chi connectivity index (χ1) is 12.3. The van der Waals surface area contributed by atoms with E-state index in [2.05, 4.69) is 32.9 Å². The van der Waals surface area contributed by atoms with Crippen LogP contribution in [0.3, 0.4) is 0 Å². The van der Waals surface area contributed by atoms with E-state index in [4.69, 9.17) is 9.47 Å². The summed E-state index contributed by atoms with van der Waals surface area (Å²) in [5.74, 6) is 1.29. The zero-order valence-electron chi connectivity index (χ0n) is 16.6. The number of para-hydroxylation sites is 1. The summed E-state index contributed by atoms with van der Waals surface area (Å²) < 4.78 is 11.2. The molecule has 0 aliphatic rings. The van der Waals surface area contributed by atoms with Crippen LogP contribution in [0, 0.1) is 13.8 Å². The molecule has 26 heavy (non-hydrogen) atoms. The van der Waals surface area contributed by atoms with Crippen molar-refractivity contribution in [3.05, 3.63) is 59.2 Å². The summed E-state index contributed by atoms with van der Waals surface area (Å²) in [6.07, 6.45) is 2.07. The van der Waals surface area contributed by atoms with Gasteiger partial charge in [0.05, 0.1) is 6.61 Å². The Morgan fingerprint density at radius 2 is 1.62 bits per heavy atom. The van der Waals surface area contributed by atoms with E-state index >= 15 is 0 Å². The molecule has 0 bridgehead atoms. The lowest BCUT2D eigenvalue weighted by molar-refractivity contribution is -0.134. The van der Waals surface area contributed by atoms with Crippen molar-refractivity contribution in [3.63, 3.8) is 0 Å². The molecule has 0 amide bonds. The van der Waals surface area contributed by atoms with Gasteiger partial charge in [-0.15, -0.1) is 0 Å². The first-order valence-corrected chi connectivity index (χ1v) is 9.33. The van der Waals surface area contributed by atoms with Crippen LogP contribution in [0.25, 0.3) is 0 Å². The first kappa shape index (κ1) is 20.0. The lowest BCUT2D eigenvalue weighted by Gasteiger charge is -2.23. The fourth-order valence-electron chi connectivity index (χ4n) is 2.74. The predicted octanol–water partition coefficient (Wildman–Crippen LogP) is 5.76. The van der Waals surface area contributed by atoms with Gasteiger partial charge in [-0.3, -0.25) is 4.79 Å². The van der Waals surface area contributed by atoms with Gasteiger partial charge < -0.3 is 9.47 Å². The Morgan fingerprint density at radius 3 is 2.19 bits per heavy atom. The molecule has 140 valence electrons. The molecule has 0 spiro atoms.